The van der Waals surface area contributed by atoms with Crippen LogP contribution in [0.15, 0.2) is 200 Å². The number of rotatable bonds is 8. The maximum absolute atomic E-state index is 9.09. The summed E-state index contributed by atoms with van der Waals surface area (Å²) in [5.74, 6) is 0.801. The third-order valence-corrected chi connectivity index (χ3v) is 10.9. The Morgan fingerprint density at radius 2 is 1.25 bits per heavy atom. The molecule has 1 aliphatic heterocycles. The molecule has 0 saturated carbocycles. The number of para-hydroxylation sites is 4. The molecule has 1 aliphatic rings. The third kappa shape index (κ3) is 7.03. The molecule has 0 aliphatic carbocycles. The van der Waals surface area contributed by atoms with E-state index >= 15 is 0 Å². The van der Waals surface area contributed by atoms with Gasteiger partial charge in [-0.05, 0) is 71.3 Å². The normalized spacial score (nSPS) is 14.4. The average Bonchev–Trinajstić information content (AvgIpc) is 3.92. The quantitative estimate of drug-likeness (QED) is 0.142. The Hall–Kier alpha value is -7.00. The van der Waals surface area contributed by atoms with Gasteiger partial charge in [-0.25, -0.2) is 4.98 Å². The summed E-state index contributed by atoms with van der Waals surface area (Å²) >= 11 is 0. The molecule has 296 valence electrons. The zero-order valence-electron chi connectivity index (χ0n) is 42.7. The summed E-state index contributed by atoms with van der Waals surface area (Å²) in [5.41, 5.74) is 9.13. The molecule has 11 rings (SSSR count). The maximum Gasteiger partial charge on any atom is 0.135 e. The van der Waals surface area contributed by atoms with Crippen LogP contribution in [0.1, 0.15) is 30.4 Å². The molecule has 3 heterocycles. The van der Waals surface area contributed by atoms with Crippen molar-refractivity contribution in [1.29, 1.82) is 0 Å². The molecule has 0 N–H and O–H groups in total. The summed E-state index contributed by atoms with van der Waals surface area (Å²) in [5, 5.41) is 2.15. The van der Waals surface area contributed by atoms with Crippen LogP contribution in [-0.4, -0.2) is 9.55 Å². The zero-order valence-corrected chi connectivity index (χ0v) is 34.9. The molecule has 8 aromatic carbocycles. The van der Waals surface area contributed by atoms with Crippen LogP contribution in [0.2, 0.25) is 0 Å². The van der Waals surface area contributed by atoms with E-state index in [1.807, 2.05) is 96.6 Å². The van der Waals surface area contributed by atoms with Crippen LogP contribution in [0.25, 0.3) is 61.0 Å². The van der Waals surface area contributed by atoms with Crippen molar-refractivity contribution in [1.82, 2.24) is 9.55 Å². The van der Waals surface area contributed by atoms with Gasteiger partial charge < -0.3 is 14.4 Å². The number of hydrogen-bond donors (Lipinski definition) is 0. The Morgan fingerprint density at radius 1 is 0.574 bits per heavy atom. The van der Waals surface area contributed by atoms with E-state index in [4.69, 9.17) is 18.7 Å². The van der Waals surface area contributed by atoms with E-state index in [0.717, 1.165) is 55.4 Å². The first-order valence-corrected chi connectivity index (χ1v) is 19.6. The number of aryl methyl sites for hydroxylation is 1. The van der Waals surface area contributed by atoms with Crippen molar-refractivity contribution < 1.29 is 34.8 Å². The largest absolute Gasteiger partial charge is 0.493 e. The van der Waals surface area contributed by atoms with E-state index in [-0.39, 0.29) is 49.0 Å². The second-order valence-corrected chi connectivity index (χ2v) is 14.7. The molecule has 2 aromatic heterocycles. The first kappa shape index (κ1) is 28.5. The monoisotopic (exact) mass is 972 g/mol. The summed E-state index contributed by atoms with van der Waals surface area (Å²) in [4.78, 5) is 8.52. The number of pyridine rings is 1. The van der Waals surface area contributed by atoms with Crippen molar-refractivity contribution in [2.75, 3.05) is 9.80 Å². The molecular weight excluding hydrogens is 924 g/mol. The van der Waals surface area contributed by atoms with Crippen LogP contribution in [-0.2, 0) is 27.5 Å². The summed E-state index contributed by atoms with van der Waals surface area (Å²) < 4.78 is 89.8. The minimum Gasteiger partial charge on any atom is -0.493 e. The van der Waals surface area contributed by atoms with Crippen molar-refractivity contribution in [3.63, 3.8) is 0 Å². The van der Waals surface area contributed by atoms with Crippen molar-refractivity contribution in [2.45, 2.75) is 13.3 Å². The van der Waals surface area contributed by atoms with Gasteiger partial charge in [-0.3, -0.25) is 0 Å². The van der Waals surface area contributed by atoms with E-state index in [1.54, 1.807) is 23.1 Å². The van der Waals surface area contributed by atoms with Gasteiger partial charge in [-0.15, -0.1) is 29.4 Å². The van der Waals surface area contributed by atoms with E-state index in [2.05, 4.69) is 60.0 Å². The molecule has 61 heavy (non-hydrogen) atoms. The van der Waals surface area contributed by atoms with Crippen LogP contribution < -0.4 is 9.80 Å². The number of nitrogens with zero attached hydrogens (tertiary/aromatic N) is 4. The van der Waals surface area contributed by atoms with Gasteiger partial charge in [-0.2, -0.15) is 41.5 Å². The summed E-state index contributed by atoms with van der Waals surface area (Å²) in [6, 6.07) is 45.6. The summed E-state index contributed by atoms with van der Waals surface area (Å²) in [6.45, 7) is 3.86. The van der Waals surface area contributed by atoms with Gasteiger partial charge in [0.15, 0.2) is 0 Å². The molecule has 0 fully saturated rings. The Balaban J connectivity index is 0.00000582. The van der Waals surface area contributed by atoms with Gasteiger partial charge in [-0.1, -0.05) is 145 Å². The van der Waals surface area contributed by atoms with Crippen LogP contribution in [0, 0.1) is 25.7 Å². The van der Waals surface area contributed by atoms with Crippen molar-refractivity contribution in [3.8, 4) is 39.2 Å². The van der Waals surface area contributed by atoms with Crippen molar-refractivity contribution >= 4 is 44.6 Å². The molecule has 4 nitrogen and oxygen atoms in total. The topological polar surface area (TPSA) is 24.3 Å². The summed E-state index contributed by atoms with van der Waals surface area (Å²) in [7, 11) is 0. The number of hydrogen-bond acceptors (Lipinski definition) is 3. The van der Waals surface area contributed by atoms with E-state index in [1.165, 1.54) is 0 Å². The maximum atomic E-state index is 9.09. The van der Waals surface area contributed by atoms with Crippen molar-refractivity contribution in [2.24, 2.45) is 0 Å². The number of anilines is 4. The fraction of sp³-hybridized carbons (Fsp3) is 0.0357. The molecule has 0 radical (unpaired) electrons. The molecular formula is C56H39N4Pt-3. The summed E-state index contributed by atoms with van der Waals surface area (Å²) in [6.07, 6.45) is 2.28. The molecule has 0 spiro atoms. The molecule has 0 unspecified atom stereocenters. The molecule has 0 saturated heterocycles. The number of fused-ring (bicyclic) bond motifs is 4. The van der Waals surface area contributed by atoms with Gasteiger partial charge >= 0.3 is 0 Å². The zero-order chi connectivity index (χ0) is 48.7. The smallest absolute Gasteiger partial charge is 0.135 e. The standard InChI is InChI=1S/C56H39N4.Pt/c1-39-30-31-57-55(32-39)60-51-25-12-11-22-49(51)50-29-28-40(36-54(50)60)33-41-34-45(42-16-5-2-6-17-42)37-46(35-41)58-38-59(53-27-14-13-26-52(53)58)56-47(43-18-7-3-8-19-43)23-15-24-48(56)44-20-9-4-10-21-44;/h2-32,34,37-38H,33H2,1H3;/q-3;/i3D,4D,7D,8D,9D,10D,18D,19D,20D,21D;. The Morgan fingerprint density at radius 3 is 1.97 bits per heavy atom. The van der Waals surface area contributed by atoms with Crippen LogP contribution in [0.4, 0.5) is 22.7 Å². The molecule has 0 bridgehead atoms. The molecule has 0 amide bonds. The average molecular weight is 973 g/mol. The number of benzene rings is 8. The van der Waals surface area contributed by atoms with E-state index in [0.29, 0.717) is 23.5 Å². The predicted octanol–water partition coefficient (Wildman–Crippen LogP) is 14.1. The van der Waals surface area contributed by atoms with Crippen LogP contribution in [0.5, 0.6) is 0 Å². The van der Waals surface area contributed by atoms with Crippen LogP contribution in [0.3, 0.4) is 0 Å². The van der Waals surface area contributed by atoms with Gasteiger partial charge in [0.1, 0.15) is 5.82 Å². The van der Waals surface area contributed by atoms with Crippen molar-refractivity contribution in [3.05, 3.63) is 236 Å². The van der Waals surface area contributed by atoms with Crippen LogP contribution >= 0.6 is 0 Å². The fourth-order valence-corrected chi connectivity index (χ4v) is 8.22. The molecule has 10 aromatic rings. The minimum absolute atomic E-state index is 0. The second-order valence-electron chi connectivity index (χ2n) is 14.7. The molecule has 5 heteroatoms. The van der Waals surface area contributed by atoms with Gasteiger partial charge in [0.25, 0.3) is 0 Å². The van der Waals surface area contributed by atoms with Gasteiger partial charge in [0, 0.05) is 61.0 Å². The minimum atomic E-state index is -0.556. The molecule has 0 atom stereocenters. The van der Waals surface area contributed by atoms with E-state index < -0.39 is 60.4 Å². The van der Waals surface area contributed by atoms with Gasteiger partial charge in [0.05, 0.1) is 13.7 Å². The predicted molar refractivity (Wildman–Crippen MR) is 248 cm³/mol. The first-order chi connectivity index (χ1) is 33.8. The number of aromatic nitrogens is 2. The van der Waals surface area contributed by atoms with E-state index in [9.17, 15) is 0 Å². The third-order valence-electron chi connectivity index (χ3n) is 10.9. The SMILES string of the molecule is [2H]c1c([2H])c([2H])c(-c2cccc(-c3c([2H])c([2H])c([2H])c([2H])c3[2H])c2N2[CH-]N(c3[c-]c(Cc4[c-]c5c(cc4)c4ccccc4n5-c4cc(C)ccn4)cc(-c4ccccc4)c3)c3ccccc32)c([2H])c1[2H].[Pt]. The Labute approximate surface area is 385 Å². The first-order valence-electron chi connectivity index (χ1n) is 24.6. The Bertz CT molecular complexity index is 3640. The Kier molecular flexibility index (Phi) is 7.57. The second kappa shape index (κ2) is 16.2. The van der Waals surface area contributed by atoms with Gasteiger partial charge in [0.2, 0.25) is 0 Å². The fourth-order valence-electron chi connectivity index (χ4n) is 8.22.